The molecule has 0 aliphatic carbocycles. The third-order valence-corrected chi connectivity index (χ3v) is 7.41. The van der Waals surface area contributed by atoms with Gasteiger partial charge < -0.3 is 9.47 Å². The molecule has 0 bridgehead atoms. The number of hydrogen-bond acceptors (Lipinski definition) is 5. The summed E-state index contributed by atoms with van der Waals surface area (Å²) in [6.07, 6.45) is 1.55. The molecule has 0 unspecified atom stereocenters. The predicted molar refractivity (Wildman–Crippen MR) is 167 cm³/mol. The lowest BCUT2D eigenvalue weighted by molar-refractivity contribution is -0.120. The van der Waals surface area contributed by atoms with Gasteiger partial charge in [-0.05, 0) is 80.2 Å². The smallest absolute Gasteiger partial charge is 0.270 e. The minimum Gasteiger partial charge on any atom is -0.493 e. The molecule has 5 rings (SSSR count). The zero-order valence-electron chi connectivity index (χ0n) is 22.8. The molecule has 8 heteroatoms. The van der Waals surface area contributed by atoms with E-state index >= 15 is 0 Å². The first kappa shape index (κ1) is 28.1. The van der Waals surface area contributed by atoms with E-state index in [0.717, 1.165) is 16.7 Å². The Morgan fingerprint density at radius 2 is 1.34 bits per heavy atom. The molecule has 206 valence electrons. The molecule has 41 heavy (non-hydrogen) atoms. The van der Waals surface area contributed by atoms with Crippen LogP contribution < -0.4 is 19.3 Å². The van der Waals surface area contributed by atoms with Crippen molar-refractivity contribution in [3.05, 3.63) is 124 Å². The number of anilines is 2. The largest absolute Gasteiger partial charge is 0.493 e. The number of amides is 2. The predicted octanol–water partition coefficient (Wildman–Crippen LogP) is 7.29. The lowest BCUT2D eigenvalue weighted by Crippen LogP contribution is -2.56. The second-order valence-electron chi connectivity index (χ2n) is 9.58. The van der Waals surface area contributed by atoms with Crippen molar-refractivity contribution < 1.29 is 19.1 Å². The van der Waals surface area contributed by atoms with Crippen molar-refractivity contribution in [3.8, 4) is 11.5 Å². The van der Waals surface area contributed by atoms with Crippen LogP contribution in [0.4, 0.5) is 11.4 Å². The number of rotatable bonds is 7. The summed E-state index contributed by atoms with van der Waals surface area (Å²) in [4.78, 5) is 30.4. The molecule has 4 aromatic rings. The Morgan fingerprint density at radius 1 is 0.780 bits per heavy atom. The van der Waals surface area contributed by atoms with Gasteiger partial charge in [0.25, 0.3) is 11.8 Å². The topological polar surface area (TPSA) is 59.1 Å². The summed E-state index contributed by atoms with van der Waals surface area (Å²) in [5.74, 6) is -0.0709. The van der Waals surface area contributed by atoms with Gasteiger partial charge in [0.2, 0.25) is 0 Å². The van der Waals surface area contributed by atoms with E-state index < -0.39 is 11.8 Å². The van der Waals surface area contributed by atoms with Crippen molar-refractivity contribution in [2.45, 2.75) is 20.5 Å². The fourth-order valence-electron chi connectivity index (χ4n) is 4.40. The molecule has 0 atom stereocenters. The Hall–Kier alpha value is -4.46. The van der Waals surface area contributed by atoms with Crippen LogP contribution in [0, 0.1) is 13.8 Å². The average molecular weight is 583 g/mol. The number of benzene rings is 4. The van der Waals surface area contributed by atoms with Crippen LogP contribution in [0.1, 0.15) is 22.3 Å². The summed E-state index contributed by atoms with van der Waals surface area (Å²) < 4.78 is 11.5. The van der Waals surface area contributed by atoms with Crippen molar-refractivity contribution in [1.29, 1.82) is 0 Å². The number of ether oxygens (including phenoxy) is 2. The maximum atomic E-state index is 13.8. The normalized spacial score (nSPS) is 13.5. The summed E-state index contributed by atoms with van der Waals surface area (Å²) >= 11 is 12.0. The van der Waals surface area contributed by atoms with Crippen molar-refractivity contribution in [1.82, 2.24) is 0 Å². The van der Waals surface area contributed by atoms with Crippen molar-refractivity contribution >= 4 is 58.2 Å². The number of aryl methyl sites for hydroxylation is 2. The van der Waals surface area contributed by atoms with Crippen LogP contribution in [0.2, 0.25) is 5.02 Å². The van der Waals surface area contributed by atoms with Crippen LogP contribution in [-0.2, 0) is 16.2 Å². The van der Waals surface area contributed by atoms with E-state index in [1.807, 2.05) is 80.6 Å². The van der Waals surface area contributed by atoms with E-state index in [-0.39, 0.29) is 17.3 Å². The van der Waals surface area contributed by atoms with Crippen LogP contribution in [0.3, 0.4) is 0 Å². The SMILES string of the molecule is COc1cc(C=C2C(=O)N(c3ccc(C)cc3)C(=S)N(c3ccc(C)cc3)C2=O)ccc1OCc1ccccc1Cl. The Bertz CT molecular complexity index is 1600. The first-order chi connectivity index (χ1) is 19.8. The Balaban J connectivity index is 1.52. The van der Waals surface area contributed by atoms with E-state index in [1.165, 1.54) is 16.9 Å². The van der Waals surface area contributed by atoms with Crippen LogP contribution in [0.5, 0.6) is 11.5 Å². The molecule has 1 saturated heterocycles. The second kappa shape index (κ2) is 12.0. The highest BCUT2D eigenvalue weighted by Crippen LogP contribution is 2.33. The molecular weight excluding hydrogens is 556 g/mol. The van der Waals surface area contributed by atoms with Gasteiger partial charge in [-0.1, -0.05) is 71.3 Å². The number of carbonyl (C=O) groups excluding carboxylic acids is 2. The highest BCUT2D eigenvalue weighted by Gasteiger charge is 2.41. The van der Waals surface area contributed by atoms with E-state index in [2.05, 4.69) is 0 Å². The van der Waals surface area contributed by atoms with E-state index in [1.54, 1.807) is 30.3 Å². The number of hydrogen-bond donors (Lipinski definition) is 0. The van der Waals surface area contributed by atoms with Crippen LogP contribution in [0.25, 0.3) is 6.08 Å². The lowest BCUT2D eigenvalue weighted by atomic mass is 10.0. The molecular formula is C33H27ClN2O4S. The standard InChI is InChI=1S/C33H27ClN2O4S/c1-21-8-13-25(14-9-21)35-31(37)27(32(38)36(33(35)41)26-15-10-22(2)11-16-26)18-23-12-17-29(30(19-23)39-3)40-20-24-6-4-5-7-28(24)34/h4-19H,20H2,1-3H3. The second-order valence-corrected chi connectivity index (χ2v) is 10.4. The Morgan fingerprint density at radius 3 is 1.88 bits per heavy atom. The van der Waals surface area contributed by atoms with Gasteiger partial charge in [-0.2, -0.15) is 0 Å². The summed E-state index contributed by atoms with van der Waals surface area (Å²) in [7, 11) is 1.53. The van der Waals surface area contributed by atoms with Crippen molar-refractivity contribution in [3.63, 3.8) is 0 Å². The number of thiocarbonyl (C=S) groups is 1. The number of carbonyl (C=O) groups is 2. The zero-order chi connectivity index (χ0) is 29.1. The van der Waals surface area contributed by atoms with Gasteiger partial charge in [0.15, 0.2) is 16.6 Å². The highest BCUT2D eigenvalue weighted by atomic mass is 35.5. The quantitative estimate of drug-likeness (QED) is 0.130. The third-order valence-electron chi connectivity index (χ3n) is 6.67. The van der Waals surface area contributed by atoms with Crippen molar-refractivity contribution in [2.24, 2.45) is 0 Å². The highest BCUT2D eigenvalue weighted by molar-refractivity contribution is 7.81. The zero-order valence-corrected chi connectivity index (χ0v) is 24.3. The fourth-order valence-corrected chi connectivity index (χ4v) is 4.97. The molecule has 0 saturated carbocycles. The average Bonchev–Trinajstić information content (AvgIpc) is 2.97. The summed E-state index contributed by atoms with van der Waals surface area (Å²) in [5.41, 5.74) is 4.61. The maximum Gasteiger partial charge on any atom is 0.270 e. The maximum absolute atomic E-state index is 13.8. The van der Waals surface area contributed by atoms with Gasteiger partial charge in [0.05, 0.1) is 18.5 Å². The summed E-state index contributed by atoms with van der Waals surface area (Å²) in [6, 6.07) is 27.5. The molecule has 0 aromatic heterocycles. The van der Waals surface area contributed by atoms with Gasteiger partial charge in [0, 0.05) is 10.6 Å². The number of nitrogens with zero attached hydrogens (tertiary/aromatic N) is 2. The lowest BCUT2D eigenvalue weighted by Gasteiger charge is -2.36. The van der Waals surface area contributed by atoms with Crippen LogP contribution >= 0.6 is 23.8 Å². The molecule has 1 aliphatic rings. The van der Waals surface area contributed by atoms with Gasteiger partial charge >= 0.3 is 0 Å². The molecule has 0 radical (unpaired) electrons. The summed E-state index contributed by atoms with van der Waals surface area (Å²) in [5, 5.41) is 0.696. The van der Waals surface area contributed by atoms with E-state index in [9.17, 15) is 9.59 Å². The fraction of sp³-hybridized carbons (Fsp3) is 0.121. The summed E-state index contributed by atoms with van der Waals surface area (Å²) in [6.45, 7) is 4.17. The van der Waals surface area contributed by atoms with E-state index in [4.69, 9.17) is 33.3 Å². The van der Waals surface area contributed by atoms with Gasteiger partial charge in [-0.15, -0.1) is 0 Å². The monoisotopic (exact) mass is 582 g/mol. The molecule has 1 aliphatic heterocycles. The molecule has 6 nitrogen and oxygen atoms in total. The van der Waals surface area contributed by atoms with Gasteiger partial charge in [0.1, 0.15) is 12.2 Å². The van der Waals surface area contributed by atoms with Crippen molar-refractivity contribution in [2.75, 3.05) is 16.9 Å². The first-order valence-corrected chi connectivity index (χ1v) is 13.7. The molecule has 4 aromatic carbocycles. The molecule has 0 spiro atoms. The van der Waals surface area contributed by atoms with Gasteiger partial charge in [-0.3, -0.25) is 19.4 Å². The molecule has 0 N–H and O–H groups in total. The van der Waals surface area contributed by atoms with Crippen LogP contribution in [0.15, 0.2) is 96.6 Å². The van der Waals surface area contributed by atoms with Gasteiger partial charge in [-0.25, -0.2) is 0 Å². The Kier molecular flexibility index (Phi) is 8.19. The molecule has 2 amide bonds. The van der Waals surface area contributed by atoms with E-state index in [0.29, 0.717) is 33.5 Å². The molecule has 1 heterocycles. The minimum absolute atomic E-state index is 0.0356. The third kappa shape index (κ3) is 5.87. The minimum atomic E-state index is -0.509. The first-order valence-electron chi connectivity index (χ1n) is 12.9. The molecule has 1 fully saturated rings. The number of halogens is 1. The van der Waals surface area contributed by atoms with Crippen LogP contribution in [-0.4, -0.2) is 24.0 Å². The Labute approximate surface area is 249 Å². The number of methoxy groups -OCH3 is 1.